The van der Waals surface area contributed by atoms with Crippen molar-refractivity contribution in [2.45, 2.75) is 27.2 Å². The number of nitrogens with one attached hydrogen (secondary N) is 1. The topological polar surface area (TPSA) is 21.3 Å². The lowest BCUT2D eigenvalue weighted by Crippen LogP contribution is -2.01. The van der Waals surface area contributed by atoms with Gasteiger partial charge in [0.15, 0.2) is 0 Å². The Morgan fingerprint density at radius 1 is 1.29 bits per heavy atom. The predicted molar refractivity (Wildman–Crippen MR) is 61.2 cm³/mol. The largest absolute Gasteiger partial charge is 0.491 e. The van der Waals surface area contributed by atoms with Gasteiger partial charge in [0.2, 0.25) is 0 Å². The van der Waals surface area contributed by atoms with E-state index in [1.54, 1.807) is 0 Å². The van der Waals surface area contributed by atoms with Crippen molar-refractivity contribution in [3.8, 4) is 5.75 Å². The molecule has 0 bridgehead atoms. The Kier molecular flexibility index (Phi) is 3.81. The van der Waals surface area contributed by atoms with Crippen molar-refractivity contribution >= 4 is 5.69 Å². The van der Waals surface area contributed by atoms with Crippen molar-refractivity contribution in [2.24, 2.45) is 0 Å². The van der Waals surface area contributed by atoms with E-state index in [4.69, 9.17) is 4.74 Å². The summed E-state index contributed by atoms with van der Waals surface area (Å²) in [7, 11) is 1.92. The number of anilines is 1. The second-order valence-electron chi connectivity index (χ2n) is 3.56. The number of rotatable bonds is 4. The second kappa shape index (κ2) is 4.89. The molecule has 0 unspecified atom stereocenters. The van der Waals surface area contributed by atoms with Crippen LogP contribution >= 0.6 is 0 Å². The normalized spacial score (nSPS) is 10.0. The standard InChI is InChI=1S/C12H19NO/c1-5-6-14-12-10(3)7-9(2)8-11(12)13-4/h7-8,13H,5-6H2,1-4H3. The monoisotopic (exact) mass is 193 g/mol. The minimum Gasteiger partial charge on any atom is -0.491 e. The fourth-order valence-electron chi connectivity index (χ4n) is 1.54. The van der Waals surface area contributed by atoms with Crippen LogP contribution in [0, 0.1) is 13.8 Å². The predicted octanol–water partition coefficient (Wildman–Crippen LogP) is 3.13. The fraction of sp³-hybridized carbons (Fsp3) is 0.500. The third-order valence-corrected chi connectivity index (χ3v) is 2.14. The molecule has 78 valence electrons. The zero-order valence-corrected chi connectivity index (χ0v) is 9.48. The van der Waals surface area contributed by atoms with Crippen LogP contribution < -0.4 is 10.1 Å². The van der Waals surface area contributed by atoms with Gasteiger partial charge in [-0.3, -0.25) is 0 Å². The molecule has 1 aromatic carbocycles. The van der Waals surface area contributed by atoms with Crippen LogP contribution in [0.4, 0.5) is 5.69 Å². The highest BCUT2D eigenvalue weighted by Crippen LogP contribution is 2.29. The first-order valence-corrected chi connectivity index (χ1v) is 5.10. The van der Waals surface area contributed by atoms with Crippen molar-refractivity contribution in [1.82, 2.24) is 0 Å². The molecule has 0 heterocycles. The third-order valence-electron chi connectivity index (χ3n) is 2.14. The average molecular weight is 193 g/mol. The quantitative estimate of drug-likeness (QED) is 0.793. The molecule has 0 radical (unpaired) electrons. The molecule has 0 spiro atoms. The van der Waals surface area contributed by atoms with Crippen LogP contribution in [0.25, 0.3) is 0 Å². The molecule has 2 nitrogen and oxygen atoms in total. The van der Waals surface area contributed by atoms with E-state index in [1.807, 2.05) is 7.05 Å². The minimum absolute atomic E-state index is 0.776. The van der Waals surface area contributed by atoms with Gasteiger partial charge in [0.1, 0.15) is 5.75 Å². The van der Waals surface area contributed by atoms with Crippen molar-refractivity contribution in [3.63, 3.8) is 0 Å². The number of benzene rings is 1. The number of hydrogen-bond acceptors (Lipinski definition) is 2. The van der Waals surface area contributed by atoms with Gasteiger partial charge in [-0.05, 0) is 37.5 Å². The molecule has 1 N–H and O–H groups in total. The lowest BCUT2D eigenvalue weighted by molar-refractivity contribution is 0.317. The first-order valence-electron chi connectivity index (χ1n) is 5.10. The van der Waals surface area contributed by atoms with E-state index in [0.29, 0.717) is 0 Å². The summed E-state index contributed by atoms with van der Waals surface area (Å²) in [6.45, 7) is 7.07. The molecule has 0 aliphatic heterocycles. The summed E-state index contributed by atoms with van der Waals surface area (Å²) < 4.78 is 5.70. The summed E-state index contributed by atoms with van der Waals surface area (Å²) >= 11 is 0. The van der Waals surface area contributed by atoms with Gasteiger partial charge in [0, 0.05) is 7.05 Å². The molecule has 2 heteroatoms. The molecule has 0 atom stereocenters. The number of aryl methyl sites for hydroxylation is 2. The first kappa shape index (κ1) is 10.9. The highest BCUT2D eigenvalue weighted by molar-refractivity contribution is 5.61. The summed E-state index contributed by atoms with van der Waals surface area (Å²) in [5.74, 6) is 0.986. The molecule has 0 amide bonds. The Balaban J connectivity index is 2.99. The smallest absolute Gasteiger partial charge is 0.145 e. The Bertz CT molecular complexity index is 307. The van der Waals surface area contributed by atoms with Crippen LogP contribution in [0.1, 0.15) is 24.5 Å². The van der Waals surface area contributed by atoms with Crippen molar-refractivity contribution < 1.29 is 4.74 Å². The second-order valence-corrected chi connectivity index (χ2v) is 3.56. The SMILES string of the molecule is CCCOc1c(C)cc(C)cc1NC. The van der Waals surface area contributed by atoms with Gasteiger partial charge in [-0.1, -0.05) is 13.0 Å². The van der Waals surface area contributed by atoms with Gasteiger partial charge in [-0.25, -0.2) is 0 Å². The molecule has 1 rings (SSSR count). The summed E-state index contributed by atoms with van der Waals surface area (Å²) in [6.07, 6.45) is 1.04. The molecule has 0 aliphatic rings. The third kappa shape index (κ3) is 2.41. The maximum Gasteiger partial charge on any atom is 0.145 e. The zero-order valence-electron chi connectivity index (χ0n) is 9.48. The Morgan fingerprint density at radius 3 is 2.57 bits per heavy atom. The summed E-state index contributed by atoms with van der Waals surface area (Å²) in [5, 5.41) is 3.16. The summed E-state index contributed by atoms with van der Waals surface area (Å²) in [6, 6.07) is 4.25. The van der Waals surface area contributed by atoms with Crippen LogP contribution in [-0.2, 0) is 0 Å². The van der Waals surface area contributed by atoms with Crippen LogP contribution in [-0.4, -0.2) is 13.7 Å². The van der Waals surface area contributed by atoms with Crippen molar-refractivity contribution in [3.05, 3.63) is 23.3 Å². The lowest BCUT2D eigenvalue weighted by Gasteiger charge is -2.14. The Hall–Kier alpha value is -1.18. The van der Waals surface area contributed by atoms with E-state index in [9.17, 15) is 0 Å². The van der Waals surface area contributed by atoms with Crippen LogP contribution in [0.15, 0.2) is 12.1 Å². The van der Waals surface area contributed by atoms with E-state index in [0.717, 1.165) is 24.5 Å². The molecule has 0 aliphatic carbocycles. The summed E-state index contributed by atoms with van der Waals surface area (Å²) in [4.78, 5) is 0. The maximum atomic E-state index is 5.70. The van der Waals surface area contributed by atoms with Gasteiger partial charge in [0.05, 0.1) is 12.3 Å². The molecule has 0 aromatic heterocycles. The first-order chi connectivity index (χ1) is 6.69. The molecule has 1 aromatic rings. The molecule has 0 saturated heterocycles. The zero-order chi connectivity index (χ0) is 10.6. The van der Waals surface area contributed by atoms with Crippen molar-refractivity contribution in [1.29, 1.82) is 0 Å². The number of ether oxygens (including phenoxy) is 1. The lowest BCUT2D eigenvalue weighted by atomic mass is 10.1. The van der Waals surface area contributed by atoms with Crippen LogP contribution in [0.3, 0.4) is 0 Å². The fourth-order valence-corrected chi connectivity index (χ4v) is 1.54. The highest BCUT2D eigenvalue weighted by Gasteiger charge is 2.06. The summed E-state index contributed by atoms with van der Waals surface area (Å²) in [5.41, 5.74) is 3.54. The number of hydrogen-bond donors (Lipinski definition) is 1. The maximum absolute atomic E-state index is 5.70. The van der Waals surface area contributed by atoms with E-state index >= 15 is 0 Å². The van der Waals surface area contributed by atoms with E-state index in [1.165, 1.54) is 11.1 Å². The van der Waals surface area contributed by atoms with Gasteiger partial charge >= 0.3 is 0 Å². The van der Waals surface area contributed by atoms with Gasteiger partial charge in [-0.15, -0.1) is 0 Å². The average Bonchev–Trinajstić information content (AvgIpc) is 2.15. The van der Waals surface area contributed by atoms with Gasteiger partial charge in [0.25, 0.3) is 0 Å². The molecular weight excluding hydrogens is 174 g/mol. The van der Waals surface area contributed by atoms with Crippen LogP contribution in [0.5, 0.6) is 5.75 Å². The van der Waals surface area contributed by atoms with Gasteiger partial charge < -0.3 is 10.1 Å². The molecule has 14 heavy (non-hydrogen) atoms. The molecular formula is C12H19NO. The highest BCUT2D eigenvalue weighted by atomic mass is 16.5. The van der Waals surface area contributed by atoms with E-state index in [-0.39, 0.29) is 0 Å². The Labute approximate surface area is 86.3 Å². The Morgan fingerprint density at radius 2 is 2.00 bits per heavy atom. The van der Waals surface area contributed by atoms with Crippen molar-refractivity contribution in [2.75, 3.05) is 19.0 Å². The molecule has 0 saturated carbocycles. The van der Waals surface area contributed by atoms with Gasteiger partial charge in [-0.2, -0.15) is 0 Å². The van der Waals surface area contributed by atoms with E-state index < -0.39 is 0 Å². The molecule has 0 fully saturated rings. The van der Waals surface area contributed by atoms with E-state index in [2.05, 4.69) is 38.2 Å². The van der Waals surface area contributed by atoms with Crippen LogP contribution in [0.2, 0.25) is 0 Å². The minimum atomic E-state index is 0.776.